The molecule has 6 heteroatoms. The van der Waals surface area contributed by atoms with Gasteiger partial charge in [0.25, 0.3) is 0 Å². The first-order valence-electron chi connectivity index (χ1n) is 6.25. The molecule has 0 saturated heterocycles. The molecule has 0 radical (unpaired) electrons. The van der Waals surface area contributed by atoms with Crippen LogP contribution >= 0.6 is 0 Å². The largest absolute Gasteiger partial charge is 0.454 e. The molecule has 2 heterocycles. The molecule has 0 bridgehead atoms. The fourth-order valence-corrected chi connectivity index (χ4v) is 2.30. The van der Waals surface area contributed by atoms with Crippen molar-refractivity contribution in [1.29, 1.82) is 5.26 Å². The van der Waals surface area contributed by atoms with Gasteiger partial charge in [-0.05, 0) is 13.0 Å². The third-order valence-corrected chi connectivity index (χ3v) is 3.26. The second-order valence-corrected chi connectivity index (χ2v) is 4.55. The van der Waals surface area contributed by atoms with Gasteiger partial charge in [0, 0.05) is 19.2 Å². The van der Waals surface area contributed by atoms with Crippen molar-refractivity contribution in [3.63, 3.8) is 0 Å². The van der Waals surface area contributed by atoms with Gasteiger partial charge in [-0.3, -0.25) is 4.68 Å². The number of ether oxygens (including phenoxy) is 2. The number of para-hydroxylation sites is 1. The summed E-state index contributed by atoms with van der Waals surface area (Å²) in [6.45, 7) is 2.61. The van der Waals surface area contributed by atoms with E-state index in [1.807, 2.05) is 32.2 Å². The van der Waals surface area contributed by atoms with Crippen LogP contribution in [0.1, 0.15) is 16.8 Å². The van der Waals surface area contributed by atoms with E-state index in [0.29, 0.717) is 17.9 Å². The molecular weight excluding hydrogens is 256 g/mol. The zero-order valence-electron chi connectivity index (χ0n) is 11.3. The quantitative estimate of drug-likeness (QED) is 0.922. The van der Waals surface area contributed by atoms with Crippen molar-refractivity contribution in [2.45, 2.75) is 13.5 Å². The molecule has 20 heavy (non-hydrogen) atoms. The van der Waals surface area contributed by atoms with E-state index in [2.05, 4.69) is 16.5 Å². The monoisotopic (exact) mass is 270 g/mol. The molecule has 2 aromatic rings. The summed E-state index contributed by atoms with van der Waals surface area (Å²) in [6.07, 6.45) is 0. The molecule has 0 saturated carbocycles. The number of nitrogens with one attached hydrogen (secondary N) is 1. The van der Waals surface area contributed by atoms with Gasteiger partial charge in [0.1, 0.15) is 17.5 Å². The van der Waals surface area contributed by atoms with Crippen LogP contribution in [0.2, 0.25) is 0 Å². The molecule has 1 aromatic carbocycles. The van der Waals surface area contributed by atoms with E-state index >= 15 is 0 Å². The summed E-state index contributed by atoms with van der Waals surface area (Å²) >= 11 is 0. The number of nitriles is 1. The Hall–Kier alpha value is -2.68. The number of aryl methyl sites for hydroxylation is 2. The van der Waals surface area contributed by atoms with Crippen molar-refractivity contribution in [2.75, 3.05) is 12.1 Å². The summed E-state index contributed by atoms with van der Waals surface area (Å²) in [5, 5.41) is 16.7. The molecule has 1 N–H and O–H groups in total. The highest BCUT2D eigenvalue weighted by Gasteiger charge is 2.18. The zero-order chi connectivity index (χ0) is 14.1. The van der Waals surface area contributed by atoms with Gasteiger partial charge in [-0.1, -0.05) is 12.1 Å². The predicted octanol–water partition coefficient (Wildman–Crippen LogP) is 1.94. The summed E-state index contributed by atoms with van der Waals surface area (Å²) in [7, 11) is 1.81. The molecule has 0 spiro atoms. The lowest BCUT2D eigenvalue weighted by molar-refractivity contribution is 0.173. The predicted molar refractivity (Wildman–Crippen MR) is 72.6 cm³/mol. The molecule has 102 valence electrons. The highest BCUT2D eigenvalue weighted by Crippen LogP contribution is 2.35. The van der Waals surface area contributed by atoms with Gasteiger partial charge in [-0.15, -0.1) is 0 Å². The Labute approximate surface area is 116 Å². The lowest BCUT2D eigenvalue weighted by atomic mass is 10.2. The molecule has 0 atom stereocenters. The highest BCUT2D eigenvalue weighted by atomic mass is 16.7. The second kappa shape index (κ2) is 4.78. The Bertz CT molecular complexity index is 700. The fraction of sp³-hybridized carbons (Fsp3) is 0.286. The minimum Gasteiger partial charge on any atom is -0.454 e. The van der Waals surface area contributed by atoms with E-state index in [-0.39, 0.29) is 6.79 Å². The number of hydrogen-bond donors (Lipinski definition) is 1. The topological polar surface area (TPSA) is 72.1 Å². The van der Waals surface area contributed by atoms with Gasteiger partial charge < -0.3 is 14.8 Å². The smallest absolute Gasteiger partial charge is 0.231 e. The molecule has 0 aliphatic carbocycles. The van der Waals surface area contributed by atoms with Gasteiger partial charge >= 0.3 is 0 Å². The summed E-state index contributed by atoms with van der Waals surface area (Å²) < 4.78 is 12.5. The minimum atomic E-state index is 0.251. The van der Waals surface area contributed by atoms with Crippen molar-refractivity contribution in [3.05, 3.63) is 35.0 Å². The molecule has 0 amide bonds. The van der Waals surface area contributed by atoms with Gasteiger partial charge in [-0.2, -0.15) is 10.4 Å². The number of fused-ring (bicyclic) bond motifs is 1. The van der Waals surface area contributed by atoms with E-state index in [0.717, 1.165) is 22.8 Å². The third-order valence-electron chi connectivity index (χ3n) is 3.26. The molecule has 6 nitrogen and oxygen atoms in total. The average molecular weight is 270 g/mol. The van der Waals surface area contributed by atoms with E-state index < -0.39 is 0 Å². The van der Waals surface area contributed by atoms with Crippen molar-refractivity contribution in [1.82, 2.24) is 9.78 Å². The van der Waals surface area contributed by atoms with Crippen LogP contribution in [0.3, 0.4) is 0 Å². The molecular formula is C14H14N4O2. The van der Waals surface area contributed by atoms with Gasteiger partial charge in [0.2, 0.25) is 6.79 Å². The van der Waals surface area contributed by atoms with E-state index in [4.69, 9.17) is 9.47 Å². The average Bonchev–Trinajstić information content (AvgIpc) is 3.01. The Kier molecular flexibility index (Phi) is 2.95. The zero-order valence-corrected chi connectivity index (χ0v) is 11.3. The van der Waals surface area contributed by atoms with Crippen LogP contribution in [0.4, 0.5) is 5.82 Å². The third kappa shape index (κ3) is 1.93. The van der Waals surface area contributed by atoms with Crippen LogP contribution in [0.5, 0.6) is 11.5 Å². The lowest BCUT2D eigenvalue weighted by Crippen LogP contribution is -2.06. The molecule has 3 rings (SSSR count). The maximum atomic E-state index is 9.18. The van der Waals surface area contributed by atoms with E-state index in [9.17, 15) is 5.26 Å². The summed E-state index contributed by atoms with van der Waals surface area (Å²) in [5.74, 6) is 2.23. The van der Waals surface area contributed by atoms with Crippen LogP contribution in [-0.2, 0) is 13.6 Å². The number of benzene rings is 1. The molecule has 1 aliphatic rings. The standard InChI is InChI=1S/C14H14N4O2/c1-9-11(6-15)14(18(2)17-9)16-7-10-4-3-5-12-13(10)20-8-19-12/h3-5,16H,7-8H2,1-2H3. The number of rotatable bonds is 3. The normalized spacial score (nSPS) is 12.2. The first-order valence-corrected chi connectivity index (χ1v) is 6.25. The number of anilines is 1. The van der Waals surface area contributed by atoms with Crippen molar-refractivity contribution in [2.24, 2.45) is 7.05 Å². The molecule has 1 aliphatic heterocycles. The van der Waals surface area contributed by atoms with Crippen LogP contribution in [0.25, 0.3) is 0 Å². The first-order chi connectivity index (χ1) is 9.70. The van der Waals surface area contributed by atoms with Crippen LogP contribution in [0, 0.1) is 18.3 Å². The van der Waals surface area contributed by atoms with Crippen LogP contribution < -0.4 is 14.8 Å². The van der Waals surface area contributed by atoms with Crippen LogP contribution in [0.15, 0.2) is 18.2 Å². The minimum absolute atomic E-state index is 0.251. The highest BCUT2D eigenvalue weighted by molar-refractivity contribution is 5.56. The van der Waals surface area contributed by atoms with Crippen molar-refractivity contribution >= 4 is 5.82 Å². The Morgan fingerprint density at radius 3 is 3.10 bits per heavy atom. The summed E-state index contributed by atoms with van der Waals surface area (Å²) in [4.78, 5) is 0. The van der Waals surface area contributed by atoms with Crippen molar-refractivity contribution in [3.8, 4) is 17.6 Å². The Morgan fingerprint density at radius 1 is 1.45 bits per heavy atom. The van der Waals surface area contributed by atoms with Gasteiger partial charge in [0.15, 0.2) is 11.5 Å². The van der Waals surface area contributed by atoms with Crippen LogP contribution in [-0.4, -0.2) is 16.6 Å². The van der Waals surface area contributed by atoms with Gasteiger partial charge in [-0.25, -0.2) is 0 Å². The maximum Gasteiger partial charge on any atom is 0.231 e. The second-order valence-electron chi connectivity index (χ2n) is 4.55. The number of nitrogens with zero attached hydrogens (tertiary/aromatic N) is 3. The number of hydrogen-bond acceptors (Lipinski definition) is 5. The molecule has 0 unspecified atom stereocenters. The maximum absolute atomic E-state index is 9.18. The number of aromatic nitrogens is 2. The fourth-order valence-electron chi connectivity index (χ4n) is 2.30. The van der Waals surface area contributed by atoms with E-state index in [1.165, 1.54) is 0 Å². The van der Waals surface area contributed by atoms with E-state index in [1.54, 1.807) is 4.68 Å². The molecule has 0 fully saturated rings. The summed E-state index contributed by atoms with van der Waals surface area (Å²) in [6, 6.07) is 7.94. The van der Waals surface area contributed by atoms with Gasteiger partial charge in [0.05, 0.1) is 5.69 Å². The summed E-state index contributed by atoms with van der Waals surface area (Å²) in [5.41, 5.74) is 2.27. The first kappa shape index (κ1) is 12.4. The Balaban J connectivity index is 1.85. The van der Waals surface area contributed by atoms with Crippen molar-refractivity contribution < 1.29 is 9.47 Å². The Morgan fingerprint density at radius 2 is 2.30 bits per heavy atom. The SMILES string of the molecule is Cc1nn(C)c(NCc2cccc3c2OCO3)c1C#N. The lowest BCUT2D eigenvalue weighted by Gasteiger charge is -2.09. The molecule has 1 aromatic heterocycles.